The van der Waals surface area contributed by atoms with Crippen molar-refractivity contribution in [3.8, 4) is 0 Å². The molecule has 3 aromatic rings. The Morgan fingerprint density at radius 3 is 2.35 bits per heavy atom. The van der Waals surface area contributed by atoms with Crippen molar-refractivity contribution in [3.05, 3.63) is 62.1 Å². The molecule has 178 valence electrons. The highest BCUT2D eigenvalue weighted by Gasteiger charge is 2.34. The number of aryl methyl sites for hydroxylation is 2. The highest BCUT2D eigenvalue weighted by atomic mass is 16.5. The quantitative estimate of drug-likeness (QED) is 0.370. The van der Waals surface area contributed by atoms with E-state index in [1.54, 1.807) is 31.3 Å². The van der Waals surface area contributed by atoms with Gasteiger partial charge in [0.15, 0.2) is 11.2 Å². The number of carbonyl (C=O) groups is 3. The van der Waals surface area contributed by atoms with Crippen LogP contribution in [-0.2, 0) is 29.7 Å². The van der Waals surface area contributed by atoms with Crippen LogP contribution in [0.15, 0.2) is 33.9 Å². The van der Waals surface area contributed by atoms with E-state index >= 15 is 0 Å². The predicted molar refractivity (Wildman–Crippen MR) is 121 cm³/mol. The van der Waals surface area contributed by atoms with E-state index in [2.05, 4.69) is 9.97 Å². The number of aromatic amines is 1. The molecule has 2 amide bonds. The number of nitrogens with one attached hydrogen (secondary N) is 1. The molecule has 1 aliphatic heterocycles. The van der Waals surface area contributed by atoms with Crippen LogP contribution >= 0.6 is 0 Å². The number of unbranched alkanes of at least 4 members (excludes halogenated alkanes) is 1. The van der Waals surface area contributed by atoms with Crippen molar-refractivity contribution < 1.29 is 19.1 Å². The molecule has 1 aliphatic rings. The maximum atomic E-state index is 12.4. The SMILES string of the molecule is CCCCn1c(=O)[nH]c(=O)c2c1nc(COC(=O)CCCN1C(=O)c3ccccc3C1=O)n2C. The van der Waals surface area contributed by atoms with Gasteiger partial charge in [-0.05, 0) is 25.0 Å². The first kappa shape index (κ1) is 23.1. The third-order valence-corrected chi connectivity index (χ3v) is 5.84. The number of hydrogen-bond acceptors (Lipinski definition) is 7. The number of benzene rings is 1. The number of rotatable bonds is 9. The normalized spacial score (nSPS) is 13.1. The second kappa shape index (κ2) is 9.46. The number of nitrogens with zero attached hydrogens (tertiary/aromatic N) is 4. The fraction of sp³-hybridized carbons (Fsp3) is 0.391. The van der Waals surface area contributed by atoms with Gasteiger partial charge in [0.25, 0.3) is 17.4 Å². The second-order valence-corrected chi connectivity index (χ2v) is 8.10. The second-order valence-electron chi connectivity index (χ2n) is 8.10. The van der Waals surface area contributed by atoms with Crippen molar-refractivity contribution in [2.24, 2.45) is 7.05 Å². The number of hydrogen-bond donors (Lipinski definition) is 1. The smallest absolute Gasteiger partial charge is 0.330 e. The minimum atomic E-state index is -0.554. The molecule has 0 spiro atoms. The van der Waals surface area contributed by atoms with Gasteiger partial charge in [-0.25, -0.2) is 9.78 Å². The lowest BCUT2D eigenvalue weighted by atomic mass is 10.1. The number of imide groups is 1. The number of amides is 2. The molecule has 2 aromatic heterocycles. The molecule has 0 fully saturated rings. The number of carbonyl (C=O) groups excluding carboxylic acids is 3. The molecule has 4 rings (SSSR count). The zero-order valence-electron chi connectivity index (χ0n) is 19.0. The van der Waals surface area contributed by atoms with Crippen LogP contribution in [0.25, 0.3) is 11.2 Å². The van der Waals surface area contributed by atoms with Gasteiger partial charge in [0.1, 0.15) is 12.4 Å². The van der Waals surface area contributed by atoms with E-state index in [4.69, 9.17) is 4.74 Å². The standard InChI is InChI=1S/C23H25N5O6/c1-3-4-11-27-19-18(20(30)25-23(27)33)26(2)16(24-19)13-34-17(29)10-7-12-28-21(31)14-8-5-6-9-15(14)22(28)32/h5-6,8-9H,3-4,7,10-13H2,1-2H3,(H,25,30,33). The van der Waals surface area contributed by atoms with Gasteiger partial charge in [0, 0.05) is 26.6 Å². The Balaban J connectivity index is 1.37. The summed E-state index contributed by atoms with van der Waals surface area (Å²) in [7, 11) is 1.62. The summed E-state index contributed by atoms with van der Waals surface area (Å²) in [6.45, 7) is 2.33. The first-order valence-electron chi connectivity index (χ1n) is 11.1. The van der Waals surface area contributed by atoms with Crippen LogP contribution in [0.4, 0.5) is 0 Å². The monoisotopic (exact) mass is 467 g/mol. The number of aromatic nitrogens is 4. The maximum Gasteiger partial charge on any atom is 0.330 e. The van der Waals surface area contributed by atoms with E-state index in [-0.39, 0.29) is 49.0 Å². The zero-order chi connectivity index (χ0) is 24.4. The Bertz CT molecular complexity index is 1360. The molecule has 1 aromatic carbocycles. The molecule has 0 radical (unpaired) electrons. The summed E-state index contributed by atoms with van der Waals surface area (Å²) in [5, 5.41) is 0. The summed E-state index contributed by atoms with van der Waals surface area (Å²) in [4.78, 5) is 69.4. The van der Waals surface area contributed by atoms with Gasteiger partial charge in [0.05, 0.1) is 11.1 Å². The average molecular weight is 467 g/mol. The van der Waals surface area contributed by atoms with E-state index in [0.29, 0.717) is 23.5 Å². The number of H-pyrrole nitrogens is 1. The van der Waals surface area contributed by atoms with Gasteiger partial charge in [-0.1, -0.05) is 25.5 Å². The Morgan fingerprint density at radius 1 is 1.03 bits per heavy atom. The van der Waals surface area contributed by atoms with Gasteiger partial charge >= 0.3 is 11.7 Å². The van der Waals surface area contributed by atoms with E-state index in [1.807, 2.05) is 6.92 Å². The lowest BCUT2D eigenvalue weighted by molar-refractivity contribution is -0.145. The highest BCUT2D eigenvalue weighted by molar-refractivity contribution is 6.21. The molecule has 0 atom stereocenters. The summed E-state index contributed by atoms with van der Waals surface area (Å²) in [6, 6.07) is 6.60. The van der Waals surface area contributed by atoms with Gasteiger partial charge in [-0.2, -0.15) is 0 Å². The van der Waals surface area contributed by atoms with Crippen molar-refractivity contribution in [2.75, 3.05) is 6.54 Å². The summed E-state index contributed by atoms with van der Waals surface area (Å²) >= 11 is 0. The van der Waals surface area contributed by atoms with Crippen molar-refractivity contribution in [2.45, 2.75) is 45.8 Å². The van der Waals surface area contributed by atoms with E-state index in [0.717, 1.165) is 17.7 Å². The Kier molecular flexibility index (Phi) is 6.44. The largest absolute Gasteiger partial charge is 0.458 e. The van der Waals surface area contributed by atoms with Gasteiger partial charge < -0.3 is 9.30 Å². The fourth-order valence-corrected chi connectivity index (χ4v) is 3.99. The molecule has 3 heterocycles. The first-order chi connectivity index (χ1) is 16.3. The summed E-state index contributed by atoms with van der Waals surface area (Å²) in [5.41, 5.74) is 0.129. The average Bonchev–Trinajstić information content (AvgIpc) is 3.27. The third kappa shape index (κ3) is 4.16. The molecule has 0 aliphatic carbocycles. The highest BCUT2D eigenvalue weighted by Crippen LogP contribution is 2.22. The van der Waals surface area contributed by atoms with Crippen LogP contribution in [0.5, 0.6) is 0 Å². The summed E-state index contributed by atoms with van der Waals surface area (Å²) < 4.78 is 8.21. The fourth-order valence-electron chi connectivity index (χ4n) is 3.99. The van der Waals surface area contributed by atoms with E-state index in [1.165, 1.54) is 9.13 Å². The van der Waals surface area contributed by atoms with Crippen LogP contribution in [0.3, 0.4) is 0 Å². The number of imidazole rings is 1. The van der Waals surface area contributed by atoms with E-state index < -0.39 is 17.2 Å². The van der Waals surface area contributed by atoms with Crippen molar-refractivity contribution in [3.63, 3.8) is 0 Å². The molecule has 0 saturated heterocycles. The molecule has 0 bridgehead atoms. The minimum Gasteiger partial charge on any atom is -0.458 e. The molecule has 11 nitrogen and oxygen atoms in total. The maximum absolute atomic E-state index is 12.4. The molecular weight excluding hydrogens is 442 g/mol. The van der Waals surface area contributed by atoms with Crippen molar-refractivity contribution in [1.29, 1.82) is 0 Å². The molecular formula is C23H25N5O6. The first-order valence-corrected chi connectivity index (χ1v) is 11.1. The third-order valence-electron chi connectivity index (χ3n) is 5.84. The number of esters is 1. The lowest BCUT2D eigenvalue weighted by Crippen LogP contribution is -2.31. The minimum absolute atomic E-state index is 0.000854. The summed E-state index contributed by atoms with van der Waals surface area (Å²) in [6.07, 6.45) is 1.86. The lowest BCUT2D eigenvalue weighted by Gasteiger charge is -2.13. The predicted octanol–water partition coefficient (Wildman–Crippen LogP) is 1.34. The zero-order valence-corrected chi connectivity index (χ0v) is 19.0. The Hall–Kier alpha value is -4.02. The number of fused-ring (bicyclic) bond motifs is 2. The van der Waals surface area contributed by atoms with Gasteiger partial charge in [0.2, 0.25) is 0 Å². The Labute approximate surface area is 194 Å². The Morgan fingerprint density at radius 2 is 1.71 bits per heavy atom. The van der Waals surface area contributed by atoms with Gasteiger partial charge in [-0.15, -0.1) is 0 Å². The van der Waals surface area contributed by atoms with Crippen LogP contribution < -0.4 is 11.2 Å². The molecule has 0 unspecified atom stereocenters. The van der Waals surface area contributed by atoms with Crippen LogP contribution in [-0.4, -0.2) is 48.3 Å². The molecule has 1 N–H and O–H groups in total. The van der Waals surface area contributed by atoms with Crippen molar-refractivity contribution in [1.82, 2.24) is 24.0 Å². The summed E-state index contributed by atoms with van der Waals surface area (Å²) in [5.74, 6) is -0.938. The van der Waals surface area contributed by atoms with Gasteiger partial charge in [-0.3, -0.25) is 33.6 Å². The topological polar surface area (TPSA) is 136 Å². The number of ether oxygens (including phenoxy) is 1. The molecule has 34 heavy (non-hydrogen) atoms. The van der Waals surface area contributed by atoms with E-state index in [9.17, 15) is 24.0 Å². The molecule has 0 saturated carbocycles. The van der Waals surface area contributed by atoms with Crippen LogP contribution in [0, 0.1) is 0 Å². The van der Waals surface area contributed by atoms with Crippen molar-refractivity contribution >= 4 is 28.9 Å². The molecule has 11 heteroatoms. The van der Waals surface area contributed by atoms with Crippen LogP contribution in [0.1, 0.15) is 59.1 Å². The van der Waals surface area contributed by atoms with Crippen LogP contribution in [0.2, 0.25) is 0 Å².